The number of piperidine rings is 2. The molecule has 0 saturated carbocycles. The predicted octanol–water partition coefficient (Wildman–Crippen LogP) is 2.09. The van der Waals surface area contributed by atoms with E-state index in [0.717, 1.165) is 55.7 Å². The molecule has 33 heavy (non-hydrogen) atoms. The standard InChI is InChI=1S/C25H28N4O.CH2O2/c30-23(12-18-13-26-22-9-5-4-8-21(18)22)27-24-19-14-28-10-11-29(15-19)17-25(24,16-28)20-6-2-1-3-7-20;2-1-3/h1-9,13,19,24,26H,10-12,14-17H2,(H,27,30);1H,(H,2,3). The van der Waals surface area contributed by atoms with Crippen molar-refractivity contribution in [2.24, 2.45) is 5.92 Å². The molecule has 1 aromatic heterocycles. The number of carbonyl (C=O) groups excluding carboxylic acids is 1. The van der Waals surface area contributed by atoms with Crippen LogP contribution < -0.4 is 5.32 Å². The molecule has 0 aliphatic carbocycles. The summed E-state index contributed by atoms with van der Waals surface area (Å²) in [5.41, 5.74) is 3.50. The third-order valence-corrected chi connectivity index (χ3v) is 7.49. The van der Waals surface area contributed by atoms with Crippen molar-refractivity contribution >= 4 is 23.3 Å². The van der Waals surface area contributed by atoms with Gasteiger partial charge >= 0.3 is 0 Å². The Labute approximate surface area is 193 Å². The Morgan fingerprint density at radius 2 is 1.70 bits per heavy atom. The number of nitrogens with zero attached hydrogens (tertiary/aromatic N) is 2. The topological polar surface area (TPSA) is 88.7 Å². The Morgan fingerprint density at radius 3 is 2.39 bits per heavy atom. The van der Waals surface area contributed by atoms with Gasteiger partial charge in [0.15, 0.2) is 0 Å². The molecule has 3 aromatic rings. The number of fused-ring (bicyclic) bond motifs is 2. The second kappa shape index (κ2) is 9.00. The van der Waals surface area contributed by atoms with E-state index in [1.165, 1.54) is 5.56 Å². The van der Waals surface area contributed by atoms with Crippen LogP contribution in [-0.2, 0) is 21.4 Å². The van der Waals surface area contributed by atoms with Gasteiger partial charge in [-0.15, -0.1) is 0 Å². The van der Waals surface area contributed by atoms with Crippen LogP contribution in [0.1, 0.15) is 11.1 Å². The molecule has 4 bridgehead atoms. The summed E-state index contributed by atoms with van der Waals surface area (Å²) in [5.74, 6) is 0.610. The maximum absolute atomic E-state index is 13.3. The number of H-pyrrole nitrogens is 1. The molecule has 7 nitrogen and oxygen atoms in total. The van der Waals surface area contributed by atoms with Crippen LogP contribution in [0.4, 0.5) is 0 Å². The van der Waals surface area contributed by atoms with Crippen molar-refractivity contribution in [3.05, 3.63) is 71.9 Å². The highest BCUT2D eigenvalue weighted by Crippen LogP contribution is 2.43. The van der Waals surface area contributed by atoms with Crippen molar-refractivity contribution in [3.8, 4) is 0 Å². The molecule has 3 atom stereocenters. The first kappa shape index (κ1) is 21.7. The summed E-state index contributed by atoms with van der Waals surface area (Å²) < 4.78 is 0. The van der Waals surface area contributed by atoms with Crippen LogP contribution in [-0.4, -0.2) is 77.6 Å². The molecule has 7 heteroatoms. The Kier molecular flexibility index (Phi) is 5.91. The van der Waals surface area contributed by atoms with Gasteiger partial charge in [-0.05, 0) is 17.2 Å². The molecule has 7 rings (SSSR count). The zero-order chi connectivity index (χ0) is 22.8. The largest absolute Gasteiger partial charge is 0.483 e. The van der Waals surface area contributed by atoms with Gasteiger partial charge in [0.05, 0.1) is 6.42 Å². The van der Waals surface area contributed by atoms with Gasteiger partial charge in [-0.25, -0.2) is 0 Å². The van der Waals surface area contributed by atoms with E-state index in [0.29, 0.717) is 12.3 Å². The molecule has 3 unspecified atom stereocenters. The number of carboxylic acid groups (broad SMARTS) is 1. The smallest absolute Gasteiger partial charge is 0.290 e. The summed E-state index contributed by atoms with van der Waals surface area (Å²) in [6.45, 7) is 6.26. The highest BCUT2D eigenvalue weighted by Gasteiger charge is 2.55. The molecule has 2 aromatic carbocycles. The lowest BCUT2D eigenvalue weighted by molar-refractivity contribution is -0.124. The Bertz CT molecular complexity index is 1110. The van der Waals surface area contributed by atoms with Gasteiger partial charge in [-0.3, -0.25) is 9.59 Å². The molecule has 1 amide bonds. The average molecular weight is 447 g/mol. The highest BCUT2D eigenvalue weighted by atomic mass is 16.3. The molecule has 172 valence electrons. The van der Waals surface area contributed by atoms with E-state index >= 15 is 0 Å². The van der Waals surface area contributed by atoms with E-state index < -0.39 is 0 Å². The maximum atomic E-state index is 13.3. The van der Waals surface area contributed by atoms with E-state index in [4.69, 9.17) is 9.90 Å². The Balaban J connectivity index is 0.000000724. The summed E-state index contributed by atoms with van der Waals surface area (Å²) in [4.78, 5) is 30.1. The molecule has 4 aliphatic heterocycles. The number of para-hydroxylation sites is 1. The summed E-state index contributed by atoms with van der Waals surface area (Å²) in [6.07, 6.45) is 2.40. The Morgan fingerprint density at radius 1 is 1.06 bits per heavy atom. The van der Waals surface area contributed by atoms with Crippen LogP contribution in [0.3, 0.4) is 0 Å². The van der Waals surface area contributed by atoms with Gasteiger partial charge in [0, 0.05) is 73.7 Å². The predicted molar refractivity (Wildman–Crippen MR) is 127 cm³/mol. The summed E-state index contributed by atoms with van der Waals surface area (Å²) >= 11 is 0. The molecule has 0 spiro atoms. The van der Waals surface area contributed by atoms with E-state index in [2.05, 4.69) is 62.6 Å². The molecule has 4 aliphatic rings. The van der Waals surface area contributed by atoms with E-state index in [-0.39, 0.29) is 23.8 Å². The lowest BCUT2D eigenvalue weighted by atomic mass is 9.64. The molecular formula is C26H30N4O3. The van der Waals surface area contributed by atoms with E-state index in [1.54, 1.807) is 0 Å². The van der Waals surface area contributed by atoms with Gasteiger partial charge in [-0.2, -0.15) is 0 Å². The van der Waals surface area contributed by atoms with Gasteiger partial charge in [-0.1, -0.05) is 48.5 Å². The van der Waals surface area contributed by atoms with Crippen molar-refractivity contribution in [1.29, 1.82) is 0 Å². The summed E-state index contributed by atoms with van der Waals surface area (Å²) in [6, 6.07) is 19.3. The fourth-order valence-electron chi connectivity index (χ4n) is 6.24. The number of nitrogens with one attached hydrogen (secondary N) is 2. The number of aromatic nitrogens is 1. The Hall–Kier alpha value is -3.16. The van der Waals surface area contributed by atoms with Crippen molar-refractivity contribution in [2.75, 3.05) is 39.3 Å². The third-order valence-electron chi connectivity index (χ3n) is 7.49. The first-order chi connectivity index (χ1) is 16.1. The van der Waals surface area contributed by atoms with Crippen LogP contribution in [0.15, 0.2) is 60.8 Å². The lowest BCUT2D eigenvalue weighted by Gasteiger charge is -2.55. The van der Waals surface area contributed by atoms with Crippen molar-refractivity contribution in [1.82, 2.24) is 20.1 Å². The second-order valence-electron chi connectivity index (χ2n) is 9.44. The van der Waals surface area contributed by atoms with Gasteiger partial charge in [0.1, 0.15) is 0 Å². The molecule has 3 N–H and O–H groups in total. The number of benzene rings is 2. The van der Waals surface area contributed by atoms with Crippen LogP contribution in [0, 0.1) is 5.92 Å². The first-order valence-electron chi connectivity index (χ1n) is 11.6. The molecular weight excluding hydrogens is 416 g/mol. The number of amides is 1. The SMILES string of the molecule is O=C(Cc1c[nH]c2ccccc12)NC1C2CN3CCN(C2)CC1(c1ccccc1)C3.O=CO. The van der Waals surface area contributed by atoms with Gasteiger partial charge in [0.25, 0.3) is 6.47 Å². The monoisotopic (exact) mass is 446 g/mol. The minimum atomic E-state index is -0.250. The van der Waals surface area contributed by atoms with Crippen molar-refractivity contribution in [2.45, 2.75) is 17.9 Å². The molecule has 0 radical (unpaired) electrons. The second-order valence-corrected chi connectivity index (χ2v) is 9.44. The van der Waals surface area contributed by atoms with E-state index in [1.807, 2.05) is 18.3 Å². The normalized spacial score (nSPS) is 29.7. The van der Waals surface area contributed by atoms with Crippen LogP contribution >= 0.6 is 0 Å². The fraction of sp³-hybridized carbons (Fsp3) is 0.385. The number of rotatable bonds is 4. The number of hydrogen-bond acceptors (Lipinski definition) is 4. The fourth-order valence-corrected chi connectivity index (χ4v) is 6.24. The van der Waals surface area contributed by atoms with Gasteiger partial charge in [0.2, 0.25) is 5.91 Å². The van der Waals surface area contributed by atoms with Gasteiger partial charge < -0.3 is 25.2 Å². The number of hydrogen-bond donors (Lipinski definition) is 3. The zero-order valence-electron chi connectivity index (χ0n) is 18.6. The summed E-state index contributed by atoms with van der Waals surface area (Å²) in [7, 11) is 0. The van der Waals surface area contributed by atoms with Crippen molar-refractivity contribution < 1.29 is 14.7 Å². The maximum Gasteiger partial charge on any atom is 0.290 e. The first-order valence-corrected chi connectivity index (χ1v) is 11.6. The highest BCUT2D eigenvalue weighted by molar-refractivity contribution is 5.89. The molecule has 4 fully saturated rings. The zero-order valence-corrected chi connectivity index (χ0v) is 18.6. The third kappa shape index (κ3) is 4.03. The minimum Gasteiger partial charge on any atom is -0.483 e. The average Bonchev–Trinajstić information content (AvgIpc) is 3.05. The lowest BCUT2D eigenvalue weighted by Crippen LogP contribution is -2.70. The number of carbonyl (C=O) groups is 2. The quantitative estimate of drug-likeness (QED) is 0.534. The van der Waals surface area contributed by atoms with Crippen LogP contribution in [0.5, 0.6) is 0 Å². The van der Waals surface area contributed by atoms with Crippen LogP contribution in [0.2, 0.25) is 0 Å². The molecule has 5 heterocycles. The summed E-state index contributed by atoms with van der Waals surface area (Å²) in [5, 5.41) is 11.6. The van der Waals surface area contributed by atoms with E-state index in [9.17, 15) is 4.79 Å². The number of aromatic amines is 1. The molecule has 4 saturated heterocycles. The van der Waals surface area contributed by atoms with Crippen molar-refractivity contribution in [3.63, 3.8) is 0 Å². The minimum absolute atomic E-state index is 0.0329. The van der Waals surface area contributed by atoms with Crippen LogP contribution in [0.25, 0.3) is 10.9 Å².